The molecule has 24 heavy (non-hydrogen) atoms. The Bertz CT molecular complexity index is 759. The number of hydrogen-bond acceptors (Lipinski definition) is 5. The van der Waals surface area contributed by atoms with Gasteiger partial charge in [0.2, 0.25) is 0 Å². The highest BCUT2D eigenvalue weighted by atomic mass is 32.3. The third-order valence-electron chi connectivity index (χ3n) is 6.85. The summed E-state index contributed by atoms with van der Waals surface area (Å²) in [6.45, 7) is 2.25. The van der Waals surface area contributed by atoms with E-state index >= 15 is 0 Å². The Morgan fingerprint density at radius 2 is 2.04 bits per heavy atom. The smallest absolute Gasteiger partial charge is 0.262 e. The van der Waals surface area contributed by atoms with Crippen molar-refractivity contribution in [3.05, 3.63) is 29.3 Å². The Kier molecular flexibility index (Phi) is 3.71. The lowest BCUT2D eigenvalue weighted by atomic mass is 9.55. The number of aliphatic hydroxyl groups is 1. The minimum Gasteiger partial charge on any atom is -0.716 e. The normalized spacial score (nSPS) is 38.1. The quantitative estimate of drug-likeness (QED) is 0.654. The van der Waals surface area contributed by atoms with Gasteiger partial charge >= 0.3 is 0 Å². The van der Waals surface area contributed by atoms with Crippen molar-refractivity contribution in [2.75, 3.05) is 0 Å². The number of aryl methyl sites for hydroxylation is 1. The SMILES string of the molecule is CC12CCC3c4ccc(OS(=O)(=O)[O-])cc4CCC3C1CCC2O. The van der Waals surface area contributed by atoms with Crippen LogP contribution in [0.1, 0.15) is 56.1 Å². The van der Waals surface area contributed by atoms with Crippen LogP contribution in [0.25, 0.3) is 0 Å². The first-order valence-electron chi connectivity index (χ1n) is 8.74. The standard InChI is InChI=1S/C18H24O5S/c1-18-9-8-14-13-5-3-12(23-24(20,21)22)10-11(13)2-4-15(14)16(18)6-7-17(18)19/h3,5,10,14-17,19H,2,4,6-9H2,1H3,(H,20,21,22)/p-1. The summed E-state index contributed by atoms with van der Waals surface area (Å²) in [5.41, 5.74) is 2.42. The summed E-state index contributed by atoms with van der Waals surface area (Å²) >= 11 is 0. The van der Waals surface area contributed by atoms with Gasteiger partial charge in [-0.05, 0) is 85.0 Å². The maximum Gasteiger partial charge on any atom is 0.262 e. The molecular formula is C18H23O5S-. The topological polar surface area (TPSA) is 86.7 Å². The van der Waals surface area contributed by atoms with Crippen LogP contribution in [-0.4, -0.2) is 24.2 Å². The number of hydrogen-bond donors (Lipinski definition) is 1. The van der Waals surface area contributed by atoms with Gasteiger partial charge in [0, 0.05) is 0 Å². The van der Waals surface area contributed by atoms with E-state index in [1.807, 2.05) is 6.07 Å². The van der Waals surface area contributed by atoms with E-state index in [-0.39, 0.29) is 17.3 Å². The summed E-state index contributed by atoms with van der Waals surface area (Å²) in [4.78, 5) is 0. The highest BCUT2D eigenvalue weighted by Gasteiger charge is 2.54. The third kappa shape index (κ3) is 2.55. The minimum absolute atomic E-state index is 0.0539. The molecule has 1 aromatic carbocycles. The van der Waals surface area contributed by atoms with Crippen molar-refractivity contribution in [2.24, 2.45) is 17.3 Å². The summed E-state index contributed by atoms with van der Waals surface area (Å²) < 4.78 is 36.8. The van der Waals surface area contributed by atoms with Gasteiger partial charge in [0.1, 0.15) is 5.75 Å². The Morgan fingerprint density at radius 1 is 1.25 bits per heavy atom. The Labute approximate surface area is 143 Å². The van der Waals surface area contributed by atoms with E-state index in [1.165, 1.54) is 5.56 Å². The Balaban J connectivity index is 1.63. The van der Waals surface area contributed by atoms with Crippen molar-refractivity contribution >= 4 is 10.4 Å². The van der Waals surface area contributed by atoms with E-state index in [0.29, 0.717) is 17.8 Å². The van der Waals surface area contributed by atoms with Crippen molar-refractivity contribution < 1.29 is 22.3 Å². The van der Waals surface area contributed by atoms with Crippen LogP contribution in [0.3, 0.4) is 0 Å². The second-order valence-electron chi connectivity index (χ2n) is 7.91. The first-order chi connectivity index (χ1) is 11.3. The van der Waals surface area contributed by atoms with Crippen LogP contribution in [0.4, 0.5) is 0 Å². The molecule has 0 saturated heterocycles. The van der Waals surface area contributed by atoms with Crippen LogP contribution in [0.15, 0.2) is 18.2 Å². The van der Waals surface area contributed by atoms with Gasteiger partial charge in [-0.1, -0.05) is 13.0 Å². The largest absolute Gasteiger partial charge is 0.716 e. The first-order valence-corrected chi connectivity index (χ1v) is 10.1. The fourth-order valence-electron chi connectivity index (χ4n) is 5.70. The van der Waals surface area contributed by atoms with E-state index in [4.69, 9.17) is 0 Å². The zero-order valence-electron chi connectivity index (χ0n) is 13.8. The average molecular weight is 351 g/mol. The van der Waals surface area contributed by atoms with E-state index in [9.17, 15) is 18.1 Å². The molecule has 3 aliphatic rings. The molecule has 5 atom stereocenters. The van der Waals surface area contributed by atoms with Gasteiger partial charge in [-0.2, -0.15) is 0 Å². The van der Waals surface area contributed by atoms with Crippen LogP contribution in [0.5, 0.6) is 5.75 Å². The molecule has 2 saturated carbocycles. The van der Waals surface area contributed by atoms with Crippen LogP contribution < -0.4 is 4.18 Å². The minimum atomic E-state index is -4.73. The first kappa shape index (κ1) is 16.4. The average Bonchev–Trinajstić information content (AvgIpc) is 2.81. The van der Waals surface area contributed by atoms with Crippen molar-refractivity contribution in [1.29, 1.82) is 0 Å². The van der Waals surface area contributed by atoms with Crippen molar-refractivity contribution in [1.82, 2.24) is 0 Å². The van der Waals surface area contributed by atoms with Crippen LogP contribution >= 0.6 is 0 Å². The molecule has 1 N–H and O–H groups in total. The molecule has 0 amide bonds. The Morgan fingerprint density at radius 3 is 2.79 bits per heavy atom. The zero-order chi connectivity index (χ0) is 17.1. The molecule has 5 nitrogen and oxygen atoms in total. The second-order valence-corrected chi connectivity index (χ2v) is 8.89. The highest BCUT2D eigenvalue weighted by molar-refractivity contribution is 7.81. The fourth-order valence-corrected chi connectivity index (χ4v) is 6.04. The van der Waals surface area contributed by atoms with Crippen molar-refractivity contribution in [2.45, 2.75) is 57.5 Å². The number of rotatable bonds is 2. The number of fused-ring (bicyclic) bond motifs is 5. The lowest BCUT2D eigenvalue weighted by Gasteiger charge is -2.50. The predicted octanol–water partition coefficient (Wildman–Crippen LogP) is 2.74. The van der Waals surface area contributed by atoms with Gasteiger partial charge in [0.25, 0.3) is 10.4 Å². The van der Waals surface area contributed by atoms with Gasteiger partial charge in [-0.3, -0.25) is 0 Å². The van der Waals surface area contributed by atoms with Gasteiger partial charge in [0.05, 0.1) is 6.10 Å². The number of aliphatic hydroxyl groups excluding tert-OH is 1. The van der Waals surface area contributed by atoms with Gasteiger partial charge < -0.3 is 13.8 Å². The predicted molar refractivity (Wildman–Crippen MR) is 87.4 cm³/mol. The molecule has 132 valence electrons. The van der Waals surface area contributed by atoms with Gasteiger partial charge in [-0.25, -0.2) is 8.42 Å². The van der Waals surface area contributed by atoms with E-state index in [0.717, 1.165) is 44.1 Å². The van der Waals surface area contributed by atoms with Gasteiger partial charge in [-0.15, -0.1) is 0 Å². The summed E-state index contributed by atoms with van der Waals surface area (Å²) in [5, 5.41) is 10.4. The molecule has 0 aromatic heterocycles. The van der Waals surface area contributed by atoms with E-state index in [1.54, 1.807) is 12.1 Å². The molecule has 0 radical (unpaired) electrons. The maximum absolute atomic E-state index is 10.8. The maximum atomic E-state index is 10.8. The van der Waals surface area contributed by atoms with Crippen molar-refractivity contribution in [3.63, 3.8) is 0 Å². The number of benzene rings is 1. The van der Waals surface area contributed by atoms with Gasteiger partial charge in [0.15, 0.2) is 0 Å². The third-order valence-corrected chi connectivity index (χ3v) is 7.24. The summed E-state index contributed by atoms with van der Waals surface area (Å²) in [6.07, 6.45) is 5.85. The zero-order valence-corrected chi connectivity index (χ0v) is 14.6. The fraction of sp³-hybridized carbons (Fsp3) is 0.667. The van der Waals surface area contributed by atoms with Crippen LogP contribution in [0, 0.1) is 17.3 Å². The molecule has 0 heterocycles. The van der Waals surface area contributed by atoms with Crippen LogP contribution in [-0.2, 0) is 16.8 Å². The van der Waals surface area contributed by atoms with Crippen molar-refractivity contribution in [3.8, 4) is 5.75 Å². The molecule has 2 fully saturated rings. The highest BCUT2D eigenvalue weighted by Crippen LogP contribution is 2.60. The van der Waals surface area contributed by atoms with E-state index < -0.39 is 10.4 Å². The Hall–Kier alpha value is -1.11. The molecule has 0 aliphatic heterocycles. The monoisotopic (exact) mass is 351 g/mol. The van der Waals surface area contributed by atoms with E-state index in [2.05, 4.69) is 11.1 Å². The molecule has 5 unspecified atom stereocenters. The lowest BCUT2D eigenvalue weighted by Crippen LogP contribution is -2.43. The van der Waals surface area contributed by atoms with Crippen LogP contribution in [0.2, 0.25) is 0 Å². The molecule has 6 heteroatoms. The molecule has 0 spiro atoms. The molecule has 4 rings (SSSR count). The summed E-state index contributed by atoms with van der Waals surface area (Å²) in [5.74, 6) is 1.73. The molecule has 3 aliphatic carbocycles. The molecule has 0 bridgehead atoms. The molecule has 1 aromatic rings. The lowest BCUT2D eigenvalue weighted by molar-refractivity contribution is -0.0226. The second kappa shape index (κ2) is 5.44. The summed E-state index contributed by atoms with van der Waals surface area (Å²) in [6, 6.07) is 5.23. The molecular weight excluding hydrogens is 328 g/mol. The summed E-state index contributed by atoms with van der Waals surface area (Å²) in [7, 11) is -4.73.